The molecule has 0 unspecified atom stereocenters. The molecule has 1 aromatic carbocycles. The molecule has 3 N–H and O–H groups in total. The van der Waals surface area contributed by atoms with Crippen molar-refractivity contribution in [3.8, 4) is 0 Å². The lowest BCUT2D eigenvalue weighted by molar-refractivity contribution is -0.136. The Balaban J connectivity index is 2.43. The molecule has 8 nitrogen and oxygen atoms in total. The molecule has 0 bridgehead atoms. The number of esters is 1. The molecule has 9 heteroatoms. The van der Waals surface area contributed by atoms with Crippen molar-refractivity contribution in [3.63, 3.8) is 0 Å². The van der Waals surface area contributed by atoms with E-state index in [9.17, 15) is 19.5 Å². The normalized spacial score (nSPS) is 14.1. The summed E-state index contributed by atoms with van der Waals surface area (Å²) in [5.74, 6) is -2.39. The van der Waals surface area contributed by atoms with E-state index in [1.165, 1.54) is 24.1 Å². The molecule has 0 fully saturated rings. The highest BCUT2D eigenvalue weighted by atomic mass is 79.9. The van der Waals surface area contributed by atoms with Crippen molar-refractivity contribution in [1.82, 2.24) is 4.90 Å². The van der Waals surface area contributed by atoms with Crippen LogP contribution in [0.1, 0.15) is 10.4 Å². The van der Waals surface area contributed by atoms with Crippen LogP contribution in [-0.2, 0) is 14.3 Å². The summed E-state index contributed by atoms with van der Waals surface area (Å²) in [6, 6.07) is 4.48. The van der Waals surface area contributed by atoms with Gasteiger partial charge in [0.05, 0.1) is 37.1 Å². The van der Waals surface area contributed by atoms with Crippen LogP contribution in [0.25, 0.3) is 0 Å². The third-order valence-corrected chi connectivity index (χ3v) is 3.92. The number of β-amino-alcohol motifs (C(OH)–C–C–N with tert-alkyl or cyclic N) is 1. The maximum atomic E-state index is 12.4. The second-order valence-corrected chi connectivity index (χ2v) is 5.83. The van der Waals surface area contributed by atoms with Crippen LogP contribution in [0.2, 0.25) is 0 Å². The zero-order valence-electron chi connectivity index (χ0n) is 12.7. The minimum atomic E-state index is -1.18. The number of halogens is 1. The standard InChI is InChI=1S/C15H15BrN2O6/c1-24-15(23)10-7-18(4-5-19)13(20)12(10)17-11-3-2-8(16)6-9(11)14(21)22/h2-3,6,17,19H,4-5,7H2,1H3,(H,21,22). The molecule has 1 amide bonds. The summed E-state index contributed by atoms with van der Waals surface area (Å²) in [4.78, 5) is 36.9. The number of carboxylic acids is 1. The van der Waals surface area contributed by atoms with E-state index in [4.69, 9.17) is 5.11 Å². The Labute approximate surface area is 145 Å². The molecular weight excluding hydrogens is 384 g/mol. The lowest BCUT2D eigenvalue weighted by Gasteiger charge is -2.15. The molecule has 0 spiro atoms. The first kappa shape index (κ1) is 18.0. The fraction of sp³-hybridized carbons (Fsp3) is 0.267. The van der Waals surface area contributed by atoms with E-state index >= 15 is 0 Å². The molecular formula is C15H15BrN2O6. The first-order valence-corrected chi connectivity index (χ1v) is 7.69. The Morgan fingerprint density at radius 1 is 1.42 bits per heavy atom. The molecule has 0 saturated carbocycles. The number of hydrogen-bond acceptors (Lipinski definition) is 6. The van der Waals surface area contributed by atoms with Crippen LogP contribution in [0.3, 0.4) is 0 Å². The fourth-order valence-corrected chi connectivity index (χ4v) is 2.65. The summed E-state index contributed by atoms with van der Waals surface area (Å²) in [6.07, 6.45) is 0. The van der Waals surface area contributed by atoms with Crippen LogP contribution < -0.4 is 5.32 Å². The van der Waals surface area contributed by atoms with Crippen LogP contribution in [0.4, 0.5) is 5.69 Å². The van der Waals surface area contributed by atoms with Crippen LogP contribution in [0.5, 0.6) is 0 Å². The Kier molecular flexibility index (Phi) is 5.58. The van der Waals surface area contributed by atoms with Gasteiger partial charge in [-0.3, -0.25) is 4.79 Å². The van der Waals surface area contributed by atoms with E-state index in [1.54, 1.807) is 6.07 Å². The summed E-state index contributed by atoms with van der Waals surface area (Å²) in [5, 5.41) is 21.0. The molecule has 2 rings (SSSR count). The van der Waals surface area contributed by atoms with Gasteiger partial charge in [0.1, 0.15) is 5.70 Å². The van der Waals surface area contributed by atoms with Crippen molar-refractivity contribution in [2.75, 3.05) is 32.1 Å². The quantitative estimate of drug-likeness (QED) is 0.607. The van der Waals surface area contributed by atoms with Gasteiger partial charge < -0.3 is 25.2 Å². The number of ether oxygens (including phenoxy) is 1. The monoisotopic (exact) mass is 398 g/mol. The van der Waals surface area contributed by atoms with Gasteiger partial charge in [-0.05, 0) is 18.2 Å². The Hall–Kier alpha value is -2.39. The number of carbonyl (C=O) groups excluding carboxylic acids is 2. The minimum absolute atomic E-state index is 0.0205. The number of rotatable bonds is 6. The van der Waals surface area contributed by atoms with Crippen LogP contribution in [-0.4, -0.2) is 59.8 Å². The number of hydrogen-bond donors (Lipinski definition) is 3. The smallest absolute Gasteiger partial charge is 0.337 e. The number of aromatic carboxylic acids is 1. The third-order valence-electron chi connectivity index (χ3n) is 3.43. The Morgan fingerprint density at radius 2 is 2.12 bits per heavy atom. The molecule has 0 saturated heterocycles. The molecule has 0 aliphatic carbocycles. The number of nitrogens with one attached hydrogen (secondary N) is 1. The lowest BCUT2D eigenvalue weighted by atomic mass is 10.1. The van der Waals surface area contributed by atoms with Crippen LogP contribution >= 0.6 is 15.9 Å². The van der Waals surface area contributed by atoms with E-state index < -0.39 is 17.8 Å². The number of anilines is 1. The van der Waals surface area contributed by atoms with Crippen LogP contribution in [0.15, 0.2) is 33.9 Å². The second kappa shape index (κ2) is 7.45. The summed E-state index contributed by atoms with van der Waals surface area (Å²) in [6.45, 7) is -0.226. The molecule has 0 radical (unpaired) electrons. The third kappa shape index (κ3) is 3.57. The Morgan fingerprint density at radius 3 is 2.71 bits per heavy atom. The topological polar surface area (TPSA) is 116 Å². The molecule has 1 heterocycles. The number of methoxy groups -OCH3 is 1. The fourth-order valence-electron chi connectivity index (χ4n) is 2.29. The van der Waals surface area contributed by atoms with Gasteiger partial charge in [0.2, 0.25) is 0 Å². The molecule has 1 aliphatic rings. The van der Waals surface area contributed by atoms with Crippen molar-refractivity contribution in [1.29, 1.82) is 0 Å². The summed E-state index contributed by atoms with van der Waals surface area (Å²) >= 11 is 3.19. The predicted molar refractivity (Wildman–Crippen MR) is 87.4 cm³/mol. The second-order valence-electron chi connectivity index (χ2n) is 4.92. The summed E-state index contributed by atoms with van der Waals surface area (Å²) in [5.41, 5.74) is 0.131. The van der Waals surface area contributed by atoms with Crippen molar-refractivity contribution in [3.05, 3.63) is 39.5 Å². The number of amides is 1. The zero-order valence-corrected chi connectivity index (χ0v) is 14.3. The number of carboxylic acid groups (broad SMARTS) is 1. The van der Waals surface area contributed by atoms with Gasteiger partial charge in [0.15, 0.2) is 0 Å². The van der Waals surface area contributed by atoms with Crippen molar-refractivity contribution in [2.24, 2.45) is 0 Å². The number of benzene rings is 1. The molecule has 1 aromatic rings. The number of aliphatic hydroxyl groups excluding tert-OH is 1. The van der Waals surface area contributed by atoms with E-state index in [0.29, 0.717) is 4.47 Å². The van der Waals surface area contributed by atoms with Crippen molar-refractivity contribution in [2.45, 2.75) is 0 Å². The van der Waals surface area contributed by atoms with Crippen LogP contribution in [0, 0.1) is 0 Å². The number of nitrogens with zero attached hydrogens (tertiary/aromatic N) is 1. The van der Waals surface area contributed by atoms with Gasteiger partial charge in [0, 0.05) is 11.0 Å². The first-order chi connectivity index (χ1) is 11.4. The summed E-state index contributed by atoms with van der Waals surface area (Å²) in [7, 11) is 1.19. The van der Waals surface area contributed by atoms with Gasteiger partial charge in [-0.25, -0.2) is 9.59 Å². The van der Waals surface area contributed by atoms with Gasteiger partial charge in [0.25, 0.3) is 5.91 Å². The highest BCUT2D eigenvalue weighted by Crippen LogP contribution is 2.26. The number of aliphatic hydroxyl groups is 1. The average molecular weight is 399 g/mol. The number of carbonyl (C=O) groups is 3. The molecule has 1 aliphatic heterocycles. The van der Waals surface area contributed by atoms with E-state index in [-0.39, 0.29) is 42.2 Å². The maximum Gasteiger partial charge on any atom is 0.337 e. The highest BCUT2D eigenvalue weighted by molar-refractivity contribution is 9.10. The van der Waals surface area contributed by atoms with Gasteiger partial charge in [-0.2, -0.15) is 0 Å². The molecule has 0 atom stereocenters. The SMILES string of the molecule is COC(=O)C1=C(Nc2ccc(Br)cc2C(=O)O)C(=O)N(CCO)C1. The molecule has 24 heavy (non-hydrogen) atoms. The van der Waals surface area contributed by atoms with E-state index in [2.05, 4.69) is 26.0 Å². The van der Waals surface area contributed by atoms with E-state index in [0.717, 1.165) is 0 Å². The van der Waals surface area contributed by atoms with E-state index in [1.807, 2.05) is 0 Å². The highest BCUT2D eigenvalue weighted by Gasteiger charge is 2.34. The average Bonchev–Trinajstić information content (AvgIpc) is 2.85. The van der Waals surface area contributed by atoms with Crippen molar-refractivity contribution < 1.29 is 29.3 Å². The summed E-state index contributed by atoms with van der Waals surface area (Å²) < 4.78 is 5.23. The largest absolute Gasteiger partial charge is 0.478 e. The van der Waals surface area contributed by atoms with Crippen molar-refractivity contribution >= 4 is 39.5 Å². The Bertz CT molecular complexity index is 731. The minimum Gasteiger partial charge on any atom is -0.478 e. The lowest BCUT2D eigenvalue weighted by Crippen LogP contribution is -2.31. The van der Waals surface area contributed by atoms with Gasteiger partial charge in [-0.15, -0.1) is 0 Å². The zero-order chi connectivity index (χ0) is 17.9. The first-order valence-electron chi connectivity index (χ1n) is 6.90. The maximum absolute atomic E-state index is 12.4. The van der Waals surface area contributed by atoms with Gasteiger partial charge in [-0.1, -0.05) is 15.9 Å². The molecule has 128 valence electrons. The van der Waals surface area contributed by atoms with Gasteiger partial charge >= 0.3 is 11.9 Å². The predicted octanol–water partition coefficient (Wildman–Crippen LogP) is 0.821. The molecule has 0 aromatic heterocycles.